The largest absolute Gasteiger partial charge is 0.381 e. The van der Waals surface area contributed by atoms with Crippen molar-refractivity contribution in [2.45, 2.75) is 39.2 Å². The molecule has 112 valence electrons. The summed E-state index contributed by atoms with van der Waals surface area (Å²) in [5.74, 6) is 2.48. The first-order valence-corrected chi connectivity index (χ1v) is 7.78. The van der Waals surface area contributed by atoms with Crippen LogP contribution in [0.25, 0.3) is 11.4 Å². The van der Waals surface area contributed by atoms with Crippen molar-refractivity contribution in [1.29, 1.82) is 0 Å². The standard InChI is InChI=1S/C16H22N4O/c1-2-3-9-20-15(11-13-6-10-21-12-13)18-16(19-20)14-4-7-17-8-5-14/h4-5,7-8,13H,2-3,6,9-12H2,1H3/t13-/m0/s1. The number of hydrogen-bond acceptors (Lipinski definition) is 4. The molecule has 2 aromatic rings. The maximum Gasteiger partial charge on any atom is 0.181 e. The highest BCUT2D eigenvalue weighted by atomic mass is 16.5. The van der Waals surface area contributed by atoms with Gasteiger partial charge < -0.3 is 4.74 Å². The monoisotopic (exact) mass is 286 g/mol. The third-order valence-corrected chi connectivity index (χ3v) is 3.91. The lowest BCUT2D eigenvalue weighted by Crippen LogP contribution is -2.11. The van der Waals surface area contributed by atoms with Crippen molar-refractivity contribution in [2.24, 2.45) is 5.92 Å². The molecular weight excluding hydrogens is 264 g/mol. The van der Waals surface area contributed by atoms with Gasteiger partial charge in [0.25, 0.3) is 0 Å². The highest BCUT2D eigenvalue weighted by molar-refractivity contribution is 5.53. The molecule has 3 heterocycles. The van der Waals surface area contributed by atoms with Gasteiger partial charge in [0.05, 0.1) is 0 Å². The fourth-order valence-electron chi connectivity index (χ4n) is 2.64. The topological polar surface area (TPSA) is 52.8 Å². The van der Waals surface area contributed by atoms with Crippen molar-refractivity contribution >= 4 is 0 Å². The molecule has 0 unspecified atom stereocenters. The second-order valence-corrected chi connectivity index (χ2v) is 5.60. The highest BCUT2D eigenvalue weighted by Gasteiger charge is 2.20. The Labute approximate surface area is 125 Å². The van der Waals surface area contributed by atoms with E-state index < -0.39 is 0 Å². The van der Waals surface area contributed by atoms with Gasteiger partial charge >= 0.3 is 0 Å². The quantitative estimate of drug-likeness (QED) is 0.819. The van der Waals surface area contributed by atoms with Crippen LogP contribution >= 0.6 is 0 Å². The normalized spacial score (nSPS) is 18.2. The second-order valence-electron chi connectivity index (χ2n) is 5.60. The van der Waals surface area contributed by atoms with Crippen molar-refractivity contribution in [3.05, 3.63) is 30.4 Å². The molecule has 2 aromatic heterocycles. The Morgan fingerprint density at radius 1 is 1.33 bits per heavy atom. The maximum absolute atomic E-state index is 5.48. The minimum absolute atomic E-state index is 0.583. The Hall–Kier alpha value is -1.75. The van der Waals surface area contributed by atoms with Crippen LogP contribution in [-0.2, 0) is 17.7 Å². The lowest BCUT2D eigenvalue weighted by molar-refractivity contribution is 0.185. The number of nitrogens with zero attached hydrogens (tertiary/aromatic N) is 4. The Morgan fingerprint density at radius 3 is 2.90 bits per heavy atom. The molecule has 1 atom stereocenters. The SMILES string of the molecule is CCCCn1nc(-c2ccncc2)nc1C[C@@H]1CCOC1. The molecule has 0 saturated carbocycles. The third-order valence-electron chi connectivity index (χ3n) is 3.91. The summed E-state index contributed by atoms with van der Waals surface area (Å²) in [4.78, 5) is 8.82. The molecule has 1 saturated heterocycles. The second kappa shape index (κ2) is 6.80. The Balaban J connectivity index is 1.83. The molecule has 1 aliphatic rings. The molecule has 21 heavy (non-hydrogen) atoms. The summed E-state index contributed by atoms with van der Waals surface area (Å²) in [5.41, 5.74) is 1.03. The highest BCUT2D eigenvalue weighted by Crippen LogP contribution is 2.20. The van der Waals surface area contributed by atoms with E-state index in [0.29, 0.717) is 5.92 Å². The fourth-order valence-corrected chi connectivity index (χ4v) is 2.64. The van der Waals surface area contributed by atoms with Crippen LogP contribution in [0.1, 0.15) is 32.0 Å². The van der Waals surface area contributed by atoms with Crippen molar-refractivity contribution < 1.29 is 4.74 Å². The molecule has 1 aliphatic heterocycles. The van der Waals surface area contributed by atoms with Gasteiger partial charge in [-0.25, -0.2) is 9.67 Å². The van der Waals surface area contributed by atoms with Gasteiger partial charge in [-0.15, -0.1) is 0 Å². The summed E-state index contributed by atoms with van der Waals surface area (Å²) in [5, 5.41) is 4.70. The lowest BCUT2D eigenvalue weighted by atomic mass is 10.0. The smallest absolute Gasteiger partial charge is 0.181 e. The van der Waals surface area contributed by atoms with Crippen LogP contribution in [0.5, 0.6) is 0 Å². The number of aromatic nitrogens is 4. The Kier molecular flexibility index (Phi) is 4.60. The van der Waals surface area contributed by atoms with Gasteiger partial charge in [-0.3, -0.25) is 4.98 Å². The van der Waals surface area contributed by atoms with E-state index in [4.69, 9.17) is 14.8 Å². The van der Waals surface area contributed by atoms with Crippen LogP contribution in [0.15, 0.2) is 24.5 Å². The van der Waals surface area contributed by atoms with E-state index in [1.165, 1.54) is 0 Å². The molecule has 5 nitrogen and oxygen atoms in total. The van der Waals surface area contributed by atoms with Crippen molar-refractivity contribution in [3.8, 4) is 11.4 Å². The predicted octanol–water partition coefficient (Wildman–Crippen LogP) is 2.72. The van der Waals surface area contributed by atoms with E-state index in [-0.39, 0.29) is 0 Å². The predicted molar refractivity (Wildman–Crippen MR) is 80.8 cm³/mol. The number of hydrogen-bond donors (Lipinski definition) is 0. The molecule has 0 radical (unpaired) electrons. The van der Waals surface area contributed by atoms with E-state index in [9.17, 15) is 0 Å². The molecular formula is C16H22N4O. The van der Waals surface area contributed by atoms with Gasteiger partial charge in [0.15, 0.2) is 5.82 Å². The molecule has 0 amide bonds. The number of rotatable bonds is 6. The summed E-state index contributed by atoms with van der Waals surface area (Å²) < 4.78 is 7.56. The number of pyridine rings is 1. The van der Waals surface area contributed by atoms with E-state index >= 15 is 0 Å². The van der Waals surface area contributed by atoms with Gasteiger partial charge in [-0.1, -0.05) is 13.3 Å². The molecule has 0 aliphatic carbocycles. The number of aryl methyl sites for hydroxylation is 1. The minimum atomic E-state index is 0.583. The summed E-state index contributed by atoms with van der Waals surface area (Å²) in [6.45, 7) is 4.87. The van der Waals surface area contributed by atoms with Gasteiger partial charge in [0, 0.05) is 44.1 Å². The Morgan fingerprint density at radius 2 is 2.19 bits per heavy atom. The molecule has 0 bridgehead atoms. The average molecular weight is 286 g/mol. The molecule has 1 fully saturated rings. The van der Waals surface area contributed by atoms with Crippen LogP contribution in [0, 0.1) is 5.92 Å². The molecule has 5 heteroatoms. The van der Waals surface area contributed by atoms with Crippen LogP contribution in [-0.4, -0.2) is 33.0 Å². The first-order valence-electron chi connectivity index (χ1n) is 7.78. The van der Waals surface area contributed by atoms with Crippen LogP contribution in [0.4, 0.5) is 0 Å². The summed E-state index contributed by atoms with van der Waals surface area (Å²) in [6.07, 6.45) is 7.95. The van der Waals surface area contributed by atoms with Crippen molar-refractivity contribution in [3.63, 3.8) is 0 Å². The molecule has 0 spiro atoms. The summed E-state index contributed by atoms with van der Waals surface area (Å²) in [6, 6.07) is 3.92. The van der Waals surface area contributed by atoms with Crippen LogP contribution < -0.4 is 0 Å². The zero-order valence-corrected chi connectivity index (χ0v) is 12.5. The van der Waals surface area contributed by atoms with Crippen LogP contribution in [0.3, 0.4) is 0 Å². The van der Waals surface area contributed by atoms with Crippen LogP contribution in [0.2, 0.25) is 0 Å². The van der Waals surface area contributed by atoms with E-state index in [2.05, 4.69) is 16.6 Å². The van der Waals surface area contributed by atoms with Crippen molar-refractivity contribution in [1.82, 2.24) is 19.7 Å². The first-order chi connectivity index (χ1) is 10.4. The van der Waals surface area contributed by atoms with Gasteiger partial charge in [-0.2, -0.15) is 5.10 Å². The average Bonchev–Trinajstić information content (AvgIpc) is 3.17. The van der Waals surface area contributed by atoms with E-state index in [0.717, 1.165) is 62.7 Å². The van der Waals surface area contributed by atoms with Crippen molar-refractivity contribution in [2.75, 3.05) is 13.2 Å². The van der Waals surface area contributed by atoms with Gasteiger partial charge in [-0.05, 0) is 30.9 Å². The Bertz CT molecular complexity index is 561. The minimum Gasteiger partial charge on any atom is -0.381 e. The number of ether oxygens (including phenoxy) is 1. The van der Waals surface area contributed by atoms with E-state index in [1.54, 1.807) is 12.4 Å². The number of unbranched alkanes of at least 4 members (excludes halogenated alkanes) is 1. The molecule has 0 aromatic carbocycles. The summed E-state index contributed by atoms with van der Waals surface area (Å²) >= 11 is 0. The van der Waals surface area contributed by atoms with E-state index in [1.807, 2.05) is 12.1 Å². The van der Waals surface area contributed by atoms with Gasteiger partial charge in [0.1, 0.15) is 5.82 Å². The molecule has 3 rings (SSSR count). The first kappa shape index (κ1) is 14.2. The molecule has 0 N–H and O–H groups in total. The zero-order valence-electron chi connectivity index (χ0n) is 12.5. The third kappa shape index (κ3) is 3.47. The zero-order chi connectivity index (χ0) is 14.5. The summed E-state index contributed by atoms with van der Waals surface area (Å²) in [7, 11) is 0. The fraction of sp³-hybridized carbons (Fsp3) is 0.562. The van der Waals surface area contributed by atoms with Gasteiger partial charge in [0.2, 0.25) is 0 Å². The maximum atomic E-state index is 5.48. The lowest BCUT2D eigenvalue weighted by Gasteiger charge is -2.08.